The first-order valence-corrected chi connectivity index (χ1v) is 7.00. The number of nitrogens with zero attached hydrogens (tertiary/aromatic N) is 1. The minimum absolute atomic E-state index is 0. The molecule has 2 nitrogen and oxygen atoms in total. The second-order valence-electron chi connectivity index (χ2n) is 4.88. The van der Waals surface area contributed by atoms with Gasteiger partial charge in [0.15, 0.2) is 0 Å². The smallest absolute Gasteiger partial charge is 0.0632 e. The molecule has 0 bridgehead atoms. The summed E-state index contributed by atoms with van der Waals surface area (Å²) in [4.78, 5) is 4.37. The Morgan fingerprint density at radius 3 is 2.32 bits per heavy atom. The van der Waals surface area contributed by atoms with Gasteiger partial charge in [-0.3, -0.25) is 4.99 Å². The number of hydrogen-bond acceptors (Lipinski definition) is 2. The molecule has 114 valence electrons. The van der Waals surface area contributed by atoms with Crippen LogP contribution in [0.1, 0.15) is 11.1 Å². The molecule has 2 aromatic rings. The summed E-state index contributed by atoms with van der Waals surface area (Å²) in [5.41, 5.74) is 4.53. The fourth-order valence-electron chi connectivity index (χ4n) is 1.89. The summed E-state index contributed by atoms with van der Waals surface area (Å²) in [6, 6.07) is 16.4. The van der Waals surface area contributed by atoms with Crippen molar-refractivity contribution in [1.29, 1.82) is 0 Å². The summed E-state index contributed by atoms with van der Waals surface area (Å²) < 4.78 is 0. The molecule has 0 unspecified atom stereocenters. The van der Waals surface area contributed by atoms with Crippen molar-refractivity contribution in [3.05, 3.63) is 84.1 Å². The van der Waals surface area contributed by atoms with E-state index in [0.29, 0.717) is 0 Å². The first-order chi connectivity index (χ1) is 10.2. The number of rotatable bonds is 5. The second-order valence-corrected chi connectivity index (χ2v) is 4.88. The fourth-order valence-corrected chi connectivity index (χ4v) is 1.89. The van der Waals surface area contributed by atoms with Crippen molar-refractivity contribution in [3.8, 4) is 0 Å². The lowest BCUT2D eigenvalue weighted by atomic mass is 10.2. The van der Waals surface area contributed by atoms with Crippen molar-refractivity contribution in [2.24, 2.45) is 4.99 Å². The van der Waals surface area contributed by atoms with E-state index in [4.69, 9.17) is 0 Å². The maximum Gasteiger partial charge on any atom is 0.0632 e. The fraction of sp³-hybridized carbons (Fsp3) is 0.105. The van der Waals surface area contributed by atoms with Crippen LogP contribution in [0.15, 0.2) is 78.0 Å². The Bertz CT molecular complexity index is 673. The molecule has 0 atom stereocenters. The third kappa shape index (κ3) is 6.42. The van der Waals surface area contributed by atoms with Crippen LogP contribution in [-0.4, -0.2) is 6.21 Å². The molecule has 0 aliphatic rings. The number of aryl methyl sites for hydroxylation is 2. The van der Waals surface area contributed by atoms with Gasteiger partial charge in [-0.25, -0.2) is 0 Å². The van der Waals surface area contributed by atoms with Gasteiger partial charge in [0.05, 0.1) is 5.69 Å². The Hall–Kier alpha value is -2.32. The molecule has 22 heavy (non-hydrogen) atoms. The van der Waals surface area contributed by atoms with Gasteiger partial charge in [-0.2, -0.15) is 0 Å². The molecule has 0 radical (unpaired) electrons. The van der Waals surface area contributed by atoms with E-state index in [0.717, 1.165) is 11.4 Å². The van der Waals surface area contributed by atoms with E-state index in [1.165, 1.54) is 11.1 Å². The van der Waals surface area contributed by atoms with Crippen LogP contribution in [0.25, 0.3) is 0 Å². The van der Waals surface area contributed by atoms with Crippen LogP contribution in [0.5, 0.6) is 0 Å². The van der Waals surface area contributed by atoms with Crippen LogP contribution in [0.4, 0.5) is 11.4 Å². The van der Waals surface area contributed by atoms with Crippen molar-refractivity contribution in [2.75, 3.05) is 5.32 Å². The Kier molecular flexibility index (Phi) is 7.73. The largest absolute Gasteiger partial charge is 0.362 e. The summed E-state index contributed by atoms with van der Waals surface area (Å²) in [6.07, 6.45) is 9.51. The molecule has 3 heteroatoms. The quantitative estimate of drug-likeness (QED) is 0.563. The maximum atomic E-state index is 4.37. The van der Waals surface area contributed by atoms with Gasteiger partial charge in [-0.15, -0.1) is 12.4 Å². The van der Waals surface area contributed by atoms with E-state index in [2.05, 4.69) is 48.4 Å². The number of aliphatic imine (C=N–C) groups is 1. The number of allylic oxidation sites excluding steroid dienone is 3. The molecule has 0 spiro atoms. The monoisotopic (exact) mass is 312 g/mol. The molecular weight excluding hydrogens is 292 g/mol. The molecule has 0 aromatic heterocycles. The Labute approximate surface area is 138 Å². The minimum atomic E-state index is 0. The minimum Gasteiger partial charge on any atom is -0.362 e. The Balaban J connectivity index is 0.00000242. The van der Waals surface area contributed by atoms with Gasteiger partial charge in [0.1, 0.15) is 0 Å². The average molecular weight is 313 g/mol. The third-order valence-corrected chi connectivity index (χ3v) is 2.90. The lowest BCUT2D eigenvalue weighted by molar-refractivity contribution is 1.43. The van der Waals surface area contributed by atoms with Gasteiger partial charge in [-0.1, -0.05) is 30.3 Å². The Morgan fingerprint density at radius 2 is 1.59 bits per heavy atom. The molecule has 0 saturated carbocycles. The maximum absolute atomic E-state index is 4.37. The van der Waals surface area contributed by atoms with Crippen molar-refractivity contribution >= 4 is 30.0 Å². The topological polar surface area (TPSA) is 24.4 Å². The summed E-state index contributed by atoms with van der Waals surface area (Å²) in [6.45, 7) is 4.14. The SMILES string of the molecule is Cc1cccc(N=C/C=C/C=C/Nc2cccc(C)c2)c1.Cl. The molecule has 0 amide bonds. The number of benzene rings is 2. The standard InChI is InChI=1S/C19H20N2.ClH/c1-16-8-6-10-18(14-16)20-12-4-3-5-13-21-19-11-7-9-17(2)15-19;/h3-15,20H,1-2H3;1H/b5-3+,12-4+,21-13?;. The molecule has 2 aromatic carbocycles. The summed E-state index contributed by atoms with van der Waals surface area (Å²) in [5, 5.41) is 3.23. The van der Waals surface area contributed by atoms with Crippen LogP contribution in [0.3, 0.4) is 0 Å². The second kappa shape index (κ2) is 9.59. The zero-order valence-corrected chi connectivity index (χ0v) is 13.7. The normalized spacial score (nSPS) is 11.2. The molecule has 0 fully saturated rings. The van der Waals surface area contributed by atoms with Crippen LogP contribution in [-0.2, 0) is 0 Å². The number of nitrogens with one attached hydrogen (secondary N) is 1. The molecule has 0 aliphatic carbocycles. The first-order valence-electron chi connectivity index (χ1n) is 7.00. The van der Waals surface area contributed by atoms with E-state index in [-0.39, 0.29) is 12.4 Å². The molecule has 0 heterocycles. The summed E-state index contributed by atoms with van der Waals surface area (Å²) in [7, 11) is 0. The van der Waals surface area contributed by atoms with E-state index in [1.54, 1.807) is 6.21 Å². The summed E-state index contributed by atoms with van der Waals surface area (Å²) >= 11 is 0. The molecule has 0 aliphatic heterocycles. The lowest BCUT2D eigenvalue weighted by Gasteiger charge is -2.00. The third-order valence-electron chi connectivity index (χ3n) is 2.90. The van der Waals surface area contributed by atoms with Crippen molar-refractivity contribution < 1.29 is 0 Å². The van der Waals surface area contributed by atoms with E-state index < -0.39 is 0 Å². The number of halogens is 1. The lowest BCUT2D eigenvalue weighted by Crippen LogP contribution is -1.86. The number of hydrogen-bond donors (Lipinski definition) is 1. The van der Waals surface area contributed by atoms with Crippen LogP contribution in [0, 0.1) is 13.8 Å². The molecule has 2 rings (SSSR count). The van der Waals surface area contributed by atoms with Crippen LogP contribution < -0.4 is 5.32 Å². The van der Waals surface area contributed by atoms with Crippen molar-refractivity contribution in [2.45, 2.75) is 13.8 Å². The summed E-state index contributed by atoms with van der Waals surface area (Å²) in [5.74, 6) is 0. The van der Waals surface area contributed by atoms with Crippen LogP contribution >= 0.6 is 12.4 Å². The highest BCUT2D eigenvalue weighted by Crippen LogP contribution is 2.12. The van der Waals surface area contributed by atoms with Gasteiger partial charge in [-0.05, 0) is 61.4 Å². The highest BCUT2D eigenvalue weighted by atomic mass is 35.5. The van der Waals surface area contributed by atoms with Crippen LogP contribution in [0.2, 0.25) is 0 Å². The van der Waals surface area contributed by atoms with Gasteiger partial charge in [0.2, 0.25) is 0 Å². The van der Waals surface area contributed by atoms with Crippen molar-refractivity contribution in [1.82, 2.24) is 0 Å². The zero-order chi connectivity index (χ0) is 14.9. The highest BCUT2D eigenvalue weighted by molar-refractivity contribution is 5.85. The van der Waals surface area contributed by atoms with Crippen molar-refractivity contribution in [3.63, 3.8) is 0 Å². The van der Waals surface area contributed by atoms with Gasteiger partial charge < -0.3 is 5.32 Å². The number of anilines is 1. The molecule has 0 saturated heterocycles. The predicted molar refractivity (Wildman–Crippen MR) is 99.7 cm³/mol. The van der Waals surface area contributed by atoms with Gasteiger partial charge in [0.25, 0.3) is 0 Å². The average Bonchev–Trinajstić information content (AvgIpc) is 2.46. The zero-order valence-electron chi connectivity index (χ0n) is 12.9. The van der Waals surface area contributed by atoms with E-state index >= 15 is 0 Å². The predicted octanol–water partition coefficient (Wildman–Crippen LogP) is 5.61. The molecular formula is C19H21ClN2. The highest BCUT2D eigenvalue weighted by Gasteiger charge is 1.87. The van der Waals surface area contributed by atoms with E-state index in [9.17, 15) is 0 Å². The van der Waals surface area contributed by atoms with Gasteiger partial charge >= 0.3 is 0 Å². The van der Waals surface area contributed by atoms with E-state index in [1.807, 2.05) is 48.7 Å². The molecule has 1 N–H and O–H groups in total. The first kappa shape index (κ1) is 17.7. The van der Waals surface area contributed by atoms with Gasteiger partial charge in [0, 0.05) is 18.1 Å². The Morgan fingerprint density at radius 1 is 0.864 bits per heavy atom.